The molecule has 5 nitrogen and oxygen atoms in total. The molecule has 230 valence electrons. The van der Waals surface area contributed by atoms with Gasteiger partial charge >= 0.3 is 5.96 Å². The highest BCUT2D eigenvalue weighted by atomic mass is 19.1. The van der Waals surface area contributed by atoms with Crippen LogP contribution in [-0.4, -0.2) is 92.7 Å². The van der Waals surface area contributed by atoms with E-state index < -0.39 is 29.4 Å². The third kappa shape index (κ3) is 6.96. The van der Waals surface area contributed by atoms with Crippen LogP contribution < -0.4 is 21.9 Å². The van der Waals surface area contributed by atoms with Crippen molar-refractivity contribution in [3.8, 4) is 0 Å². The van der Waals surface area contributed by atoms with E-state index in [1.54, 1.807) is 48.5 Å². The molecule has 1 fully saturated rings. The molecule has 0 aliphatic carbocycles. The number of hydrogen-bond donors (Lipinski definition) is 0. The highest BCUT2D eigenvalue weighted by Gasteiger charge is 2.33. The molecule has 0 saturated carbocycles. The van der Waals surface area contributed by atoms with Crippen molar-refractivity contribution < 1.29 is 22.1 Å². The van der Waals surface area contributed by atoms with Crippen LogP contribution in [0.25, 0.3) is 0 Å². The molecule has 0 unspecified atom stereocenters. The summed E-state index contributed by atoms with van der Waals surface area (Å²) in [6, 6.07) is 23.5. The molecule has 1 saturated heterocycles. The van der Waals surface area contributed by atoms with Crippen molar-refractivity contribution in [2.24, 2.45) is 4.99 Å². The zero-order valence-electron chi connectivity index (χ0n) is 26.0. The number of hydrogen-bond acceptors (Lipinski definition) is 0. The average Bonchev–Trinajstić information content (AvgIpc) is 3.29. The number of likely N-dealkylation sites (N-methyl/N-ethyl adjacent to an activating group) is 2. The maximum Gasteiger partial charge on any atom is 0.392 e. The van der Waals surface area contributed by atoms with E-state index in [0.29, 0.717) is 21.9 Å². The van der Waals surface area contributed by atoms with Crippen LogP contribution in [0.3, 0.4) is 0 Å². The highest BCUT2D eigenvalue weighted by molar-refractivity contribution is 7.19. The molecule has 4 aromatic rings. The minimum absolute atomic E-state index is 0.488. The summed E-state index contributed by atoms with van der Waals surface area (Å²) >= 11 is 0. The van der Waals surface area contributed by atoms with Gasteiger partial charge in [-0.2, -0.15) is 21.9 Å². The second-order valence-electron chi connectivity index (χ2n) is 11.4. The standard InChI is InChI=1S/C24H16BF4.C10H22N5/c26-21-9-1-5-17(13-21)25(18-6-2-10-22(27)14-18,19-7-3-11-23(28)15-19)20-8-4-12-24(29)16-20;1-12(2)9(13(3)4)11-10-14(5)7-8-15(10)6/h1-16H;7-8H2,1-6H3/q-1;+1. The lowest BCUT2D eigenvalue weighted by Gasteiger charge is -2.44. The fraction of sp³-hybridized carbons (Fsp3) is 0.235. The first-order valence-electron chi connectivity index (χ1n) is 14.4. The van der Waals surface area contributed by atoms with E-state index in [4.69, 9.17) is 0 Å². The third-order valence-corrected chi connectivity index (χ3v) is 7.85. The highest BCUT2D eigenvalue weighted by Crippen LogP contribution is 2.13. The Hall–Kier alpha value is -4.60. The van der Waals surface area contributed by atoms with Crippen molar-refractivity contribution in [3.05, 3.63) is 120 Å². The van der Waals surface area contributed by atoms with E-state index in [0.717, 1.165) is 25.0 Å². The first-order chi connectivity index (χ1) is 20.9. The molecule has 1 aliphatic rings. The summed E-state index contributed by atoms with van der Waals surface area (Å²) in [5, 5.41) is 0. The lowest BCUT2D eigenvalue weighted by Crippen LogP contribution is -2.75. The van der Waals surface area contributed by atoms with Crippen molar-refractivity contribution >= 4 is 39.9 Å². The molecule has 0 N–H and O–H groups in total. The van der Waals surface area contributed by atoms with E-state index in [2.05, 4.69) is 28.9 Å². The van der Waals surface area contributed by atoms with E-state index in [1.807, 2.05) is 37.7 Å². The van der Waals surface area contributed by atoms with Crippen LogP contribution in [-0.2, 0) is 0 Å². The minimum Gasteiger partial charge on any atom is -0.330 e. The van der Waals surface area contributed by atoms with E-state index in [-0.39, 0.29) is 0 Å². The summed E-state index contributed by atoms with van der Waals surface area (Å²) in [6.45, 7) is 2.09. The predicted octanol–water partition coefficient (Wildman–Crippen LogP) is 3.03. The van der Waals surface area contributed by atoms with Crippen molar-refractivity contribution in [3.63, 3.8) is 0 Å². The number of guanidine groups is 2. The quantitative estimate of drug-likeness (QED) is 0.118. The van der Waals surface area contributed by atoms with Crippen LogP contribution in [0.4, 0.5) is 17.6 Å². The Morgan fingerprint density at radius 3 is 1.20 bits per heavy atom. The zero-order valence-corrected chi connectivity index (χ0v) is 26.0. The maximum atomic E-state index is 14.3. The van der Waals surface area contributed by atoms with Gasteiger partial charge in [0.2, 0.25) is 0 Å². The van der Waals surface area contributed by atoms with Gasteiger partial charge in [0.25, 0.3) is 5.96 Å². The Morgan fingerprint density at radius 1 is 0.636 bits per heavy atom. The molecule has 0 aromatic heterocycles. The molecule has 5 rings (SSSR count). The van der Waals surface area contributed by atoms with Crippen molar-refractivity contribution in [2.45, 2.75) is 0 Å². The lowest BCUT2D eigenvalue weighted by molar-refractivity contribution is -0.470. The minimum atomic E-state index is -2.25. The van der Waals surface area contributed by atoms with E-state index in [9.17, 15) is 17.6 Å². The summed E-state index contributed by atoms with van der Waals surface area (Å²) in [5.74, 6) is 0.0461. The molecule has 10 heteroatoms. The lowest BCUT2D eigenvalue weighted by atomic mass is 9.13. The largest absolute Gasteiger partial charge is 0.392 e. The second-order valence-corrected chi connectivity index (χ2v) is 11.4. The molecular formula is C34H38BF4N5. The number of halogens is 4. The van der Waals surface area contributed by atoms with Crippen LogP contribution in [0.5, 0.6) is 0 Å². The van der Waals surface area contributed by atoms with Crippen molar-refractivity contribution in [1.82, 2.24) is 14.7 Å². The zero-order chi connectivity index (χ0) is 32.0. The van der Waals surface area contributed by atoms with Crippen LogP contribution in [0, 0.1) is 23.3 Å². The molecule has 1 heterocycles. The first kappa shape index (κ1) is 32.3. The molecule has 0 spiro atoms. The Balaban J connectivity index is 0.000000249. The van der Waals surface area contributed by atoms with Crippen molar-refractivity contribution in [2.75, 3.05) is 55.4 Å². The monoisotopic (exact) mass is 603 g/mol. The van der Waals surface area contributed by atoms with Crippen LogP contribution in [0.15, 0.2) is 102 Å². The smallest absolute Gasteiger partial charge is 0.330 e. The fourth-order valence-corrected chi connectivity index (χ4v) is 5.91. The number of aliphatic imine (C=N–C) groups is 1. The number of benzene rings is 4. The molecule has 0 atom stereocenters. The van der Waals surface area contributed by atoms with Gasteiger partial charge in [0.15, 0.2) is 0 Å². The first-order valence-corrected chi connectivity index (χ1v) is 14.4. The SMILES string of the molecule is CN(C)C(N=C1N(C)CCN1C)=[N+](C)C.Fc1cccc([B-](c2cccc(F)c2)(c2cccc(F)c2)c2cccc(F)c2)c1. The summed E-state index contributed by atoms with van der Waals surface area (Å²) in [4.78, 5) is 11.0. The van der Waals surface area contributed by atoms with Crippen LogP contribution in [0.2, 0.25) is 0 Å². The molecule has 0 radical (unpaired) electrons. The summed E-state index contributed by atoms with van der Waals surface area (Å²) in [5.41, 5.74) is 1.97. The van der Waals surface area contributed by atoms with Gasteiger partial charge in [-0.1, -0.05) is 72.8 Å². The molecule has 0 amide bonds. The Labute approximate surface area is 257 Å². The number of nitrogens with zero attached hydrogens (tertiary/aromatic N) is 5. The normalized spacial score (nSPS) is 12.9. The Kier molecular flexibility index (Phi) is 10.1. The molecule has 4 aromatic carbocycles. The molecule has 44 heavy (non-hydrogen) atoms. The second kappa shape index (κ2) is 13.8. The van der Waals surface area contributed by atoms with Crippen LogP contribution >= 0.6 is 0 Å². The van der Waals surface area contributed by atoms with Gasteiger partial charge in [0, 0.05) is 27.2 Å². The van der Waals surface area contributed by atoms with Crippen LogP contribution in [0.1, 0.15) is 0 Å². The summed E-state index contributed by atoms with van der Waals surface area (Å²) in [7, 11) is 12.2. The van der Waals surface area contributed by atoms with Gasteiger partial charge < -0.3 is 9.80 Å². The van der Waals surface area contributed by atoms with Gasteiger partial charge in [-0.15, -0.1) is 0 Å². The number of rotatable bonds is 4. The van der Waals surface area contributed by atoms with Gasteiger partial charge in [-0.05, 0) is 29.3 Å². The van der Waals surface area contributed by atoms with Gasteiger partial charge in [-0.3, -0.25) is 9.48 Å². The molecule has 1 aliphatic heterocycles. The average molecular weight is 604 g/mol. The molecular weight excluding hydrogens is 565 g/mol. The van der Waals surface area contributed by atoms with Crippen molar-refractivity contribution in [1.29, 1.82) is 0 Å². The molecule has 0 bridgehead atoms. The maximum absolute atomic E-state index is 14.3. The van der Waals surface area contributed by atoms with Gasteiger partial charge in [0.1, 0.15) is 29.4 Å². The predicted molar refractivity (Wildman–Crippen MR) is 173 cm³/mol. The third-order valence-electron chi connectivity index (χ3n) is 7.85. The Bertz CT molecular complexity index is 1470. The summed E-state index contributed by atoms with van der Waals surface area (Å²) < 4.78 is 59.1. The fourth-order valence-electron chi connectivity index (χ4n) is 5.91. The van der Waals surface area contributed by atoms with E-state index >= 15 is 0 Å². The van der Waals surface area contributed by atoms with Gasteiger partial charge in [-0.25, -0.2) is 17.6 Å². The topological polar surface area (TPSA) is 25.1 Å². The van der Waals surface area contributed by atoms with E-state index in [1.165, 1.54) is 48.5 Å². The Morgan fingerprint density at radius 2 is 0.955 bits per heavy atom. The van der Waals surface area contributed by atoms with Gasteiger partial charge in [0.05, 0.1) is 28.2 Å². The summed E-state index contributed by atoms with van der Waals surface area (Å²) in [6.07, 6.45) is -2.25.